The number of benzene rings is 2. The third-order valence-corrected chi connectivity index (χ3v) is 7.05. The number of rotatable bonds is 8. The molecule has 2 aromatic carbocycles. The lowest BCUT2D eigenvalue weighted by Gasteiger charge is -2.25. The third-order valence-electron chi connectivity index (χ3n) is 6.00. The van der Waals surface area contributed by atoms with Gasteiger partial charge in [-0.25, -0.2) is 0 Å². The minimum absolute atomic E-state index is 0.0679. The summed E-state index contributed by atoms with van der Waals surface area (Å²) >= 11 is 1.55. The van der Waals surface area contributed by atoms with Crippen molar-refractivity contribution in [2.75, 3.05) is 38.9 Å². The normalized spacial score (nSPS) is 14.6. The molecule has 4 rings (SSSR count). The molecule has 0 fully saturated rings. The highest BCUT2D eigenvalue weighted by atomic mass is 32.2. The van der Waals surface area contributed by atoms with Crippen LogP contribution in [0, 0.1) is 12.8 Å². The van der Waals surface area contributed by atoms with E-state index in [-0.39, 0.29) is 17.7 Å². The number of carbonyl (C=O) groups is 2. The number of ether oxygens (including phenoxy) is 2. The van der Waals surface area contributed by atoms with E-state index < -0.39 is 0 Å². The number of nitrogens with one attached hydrogen (secondary N) is 2. The van der Waals surface area contributed by atoms with Crippen molar-refractivity contribution in [3.63, 3.8) is 0 Å². The van der Waals surface area contributed by atoms with Crippen LogP contribution in [0.4, 0.5) is 5.69 Å². The minimum Gasteiger partial charge on any atom is -0.497 e. The van der Waals surface area contributed by atoms with Gasteiger partial charge in [0.05, 0.1) is 24.9 Å². The molecule has 8 nitrogen and oxygen atoms in total. The molecule has 0 bridgehead atoms. The van der Waals surface area contributed by atoms with Crippen LogP contribution >= 0.6 is 11.8 Å². The maximum Gasteiger partial charge on any atom is 0.231 e. The van der Waals surface area contributed by atoms with Crippen LogP contribution in [-0.4, -0.2) is 60.5 Å². The summed E-state index contributed by atoms with van der Waals surface area (Å²) in [5, 5.41) is 10.2. The highest BCUT2D eigenvalue weighted by Gasteiger charge is 2.27. The number of aromatic nitrogens is 2. The van der Waals surface area contributed by atoms with E-state index in [0.717, 1.165) is 44.5 Å². The average molecular weight is 495 g/mol. The molecule has 9 heteroatoms. The Morgan fingerprint density at radius 2 is 2.09 bits per heavy atom. The molecule has 0 aliphatic carbocycles. The number of thioether (sulfide) groups is 1. The van der Waals surface area contributed by atoms with Crippen molar-refractivity contribution in [2.24, 2.45) is 5.92 Å². The van der Waals surface area contributed by atoms with Gasteiger partial charge >= 0.3 is 0 Å². The Hall–Kier alpha value is -3.46. The summed E-state index contributed by atoms with van der Waals surface area (Å²) in [7, 11) is 5.12. The van der Waals surface area contributed by atoms with Crippen molar-refractivity contribution in [2.45, 2.75) is 24.7 Å². The molecule has 2 amide bonds. The van der Waals surface area contributed by atoms with Crippen LogP contribution in [0.3, 0.4) is 0 Å². The van der Waals surface area contributed by atoms with Crippen molar-refractivity contribution in [3.05, 3.63) is 53.9 Å². The van der Waals surface area contributed by atoms with Crippen LogP contribution in [0.5, 0.6) is 11.5 Å². The zero-order valence-electron chi connectivity index (χ0n) is 20.4. The minimum atomic E-state index is -0.321. The largest absolute Gasteiger partial charge is 0.497 e. The monoisotopic (exact) mass is 494 g/mol. The molecule has 2 N–H and O–H groups in total. The molecule has 2 heterocycles. The van der Waals surface area contributed by atoms with E-state index in [4.69, 9.17) is 9.47 Å². The van der Waals surface area contributed by atoms with Gasteiger partial charge in [0, 0.05) is 42.4 Å². The van der Waals surface area contributed by atoms with E-state index in [1.165, 1.54) is 0 Å². The molecule has 35 heavy (non-hydrogen) atoms. The molecule has 184 valence electrons. The predicted molar refractivity (Wildman–Crippen MR) is 137 cm³/mol. The van der Waals surface area contributed by atoms with E-state index in [0.29, 0.717) is 25.2 Å². The summed E-state index contributed by atoms with van der Waals surface area (Å²) in [5.74, 6) is 1.78. The van der Waals surface area contributed by atoms with Gasteiger partial charge in [-0.1, -0.05) is 6.07 Å². The first-order valence-corrected chi connectivity index (χ1v) is 12.4. The molecular formula is C26H30N4O4S. The number of anilines is 1. The molecular weight excluding hydrogens is 464 g/mol. The molecule has 0 unspecified atom stereocenters. The van der Waals surface area contributed by atoms with Gasteiger partial charge in [-0.05, 0) is 54.8 Å². The van der Waals surface area contributed by atoms with E-state index in [1.54, 1.807) is 44.1 Å². The number of aryl methyl sites for hydroxylation is 1. The Morgan fingerprint density at radius 1 is 1.26 bits per heavy atom. The van der Waals surface area contributed by atoms with Gasteiger partial charge in [-0.2, -0.15) is 5.10 Å². The fraction of sp³-hybridized carbons (Fsp3) is 0.346. The number of amides is 2. The SMILES string of the molecule is COc1ccc2c(c1)C[C@H](C(=O)Nc1ccc(-c3cn[nH]c3C)cc1SCCC(=O)N(C)C)CO2. The van der Waals surface area contributed by atoms with Crippen LogP contribution in [0.15, 0.2) is 47.5 Å². The first kappa shape index (κ1) is 24.7. The molecule has 1 atom stereocenters. The van der Waals surface area contributed by atoms with Gasteiger partial charge in [0.1, 0.15) is 18.1 Å². The highest BCUT2D eigenvalue weighted by molar-refractivity contribution is 7.99. The van der Waals surface area contributed by atoms with Gasteiger partial charge in [0.15, 0.2) is 0 Å². The summed E-state index contributed by atoms with van der Waals surface area (Å²) in [5.41, 5.74) is 4.64. The molecule has 0 saturated heterocycles. The highest BCUT2D eigenvalue weighted by Crippen LogP contribution is 2.35. The lowest BCUT2D eigenvalue weighted by Crippen LogP contribution is -2.32. The third kappa shape index (κ3) is 5.79. The number of carbonyl (C=O) groups excluding carboxylic acids is 2. The number of nitrogens with zero attached hydrogens (tertiary/aromatic N) is 2. The van der Waals surface area contributed by atoms with E-state index in [9.17, 15) is 9.59 Å². The average Bonchev–Trinajstić information content (AvgIpc) is 3.29. The molecule has 3 aromatic rings. The Balaban J connectivity index is 1.52. The second-order valence-corrected chi connectivity index (χ2v) is 9.82. The molecule has 1 aliphatic rings. The summed E-state index contributed by atoms with van der Waals surface area (Å²) in [6, 6.07) is 11.6. The maximum atomic E-state index is 13.2. The standard InChI is InChI=1S/C26H30N4O4S/c1-16-21(14-27-29-16)17-5-7-22(24(13-17)35-10-9-25(31)30(2)3)28-26(32)19-11-18-12-20(33-4)6-8-23(18)34-15-19/h5-8,12-14,19H,9-11,15H2,1-4H3,(H,27,29)(H,28,32)/t19-/m0/s1. The van der Waals surface area contributed by atoms with E-state index >= 15 is 0 Å². The number of hydrogen-bond donors (Lipinski definition) is 2. The van der Waals surface area contributed by atoms with Crippen LogP contribution < -0.4 is 14.8 Å². The maximum absolute atomic E-state index is 13.2. The van der Waals surface area contributed by atoms with Crippen LogP contribution in [-0.2, 0) is 16.0 Å². The topological polar surface area (TPSA) is 96.5 Å². The summed E-state index contributed by atoms with van der Waals surface area (Å²) in [6.45, 7) is 2.29. The fourth-order valence-corrected chi connectivity index (χ4v) is 4.91. The van der Waals surface area contributed by atoms with Crippen LogP contribution in [0.1, 0.15) is 17.7 Å². The first-order chi connectivity index (χ1) is 16.9. The molecule has 1 aromatic heterocycles. The number of H-pyrrole nitrogens is 1. The summed E-state index contributed by atoms with van der Waals surface area (Å²) in [6.07, 6.45) is 2.78. The Kier molecular flexibility index (Phi) is 7.65. The number of methoxy groups -OCH3 is 1. The van der Waals surface area contributed by atoms with Crippen molar-refractivity contribution >= 4 is 29.3 Å². The smallest absolute Gasteiger partial charge is 0.231 e. The molecule has 1 aliphatic heterocycles. The zero-order chi connectivity index (χ0) is 24.9. The second-order valence-electron chi connectivity index (χ2n) is 8.68. The first-order valence-electron chi connectivity index (χ1n) is 11.4. The molecule has 0 radical (unpaired) electrons. The van der Waals surface area contributed by atoms with Crippen molar-refractivity contribution in [1.29, 1.82) is 0 Å². The van der Waals surface area contributed by atoms with E-state index in [1.807, 2.05) is 43.3 Å². The lowest BCUT2D eigenvalue weighted by atomic mass is 9.95. The van der Waals surface area contributed by atoms with Gasteiger partial charge < -0.3 is 19.7 Å². The number of aromatic amines is 1. The van der Waals surface area contributed by atoms with Crippen LogP contribution in [0.25, 0.3) is 11.1 Å². The zero-order valence-corrected chi connectivity index (χ0v) is 21.2. The lowest BCUT2D eigenvalue weighted by molar-refractivity contribution is -0.128. The Labute approximate surface area is 209 Å². The number of hydrogen-bond acceptors (Lipinski definition) is 6. The quantitative estimate of drug-likeness (QED) is 0.457. The van der Waals surface area contributed by atoms with Gasteiger partial charge in [0.2, 0.25) is 11.8 Å². The Bertz CT molecular complexity index is 1220. The molecule has 0 saturated carbocycles. The molecule has 0 spiro atoms. The summed E-state index contributed by atoms with van der Waals surface area (Å²) < 4.78 is 11.2. The fourth-order valence-electron chi connectivity index (χ4n) is 3.93. The van der Waals surface area contributed by atoms with E-state index in [2.05, 4.69) is 15.5 Å². The van der Waals surface area contributed by atoms with Gasteiger partial charge in [-0.15, -0.1) is 11.8 Å². The van der Waals surface area contributed by atoms with Crippen molar-refractivity contribution < 1.29 is 19.1 Å². The van der Waals surface area contributed by atoms with Gasteiger partial charge in [0.25, 0.3) is 0 Å². The number of fused-ring (bicyclic) bond motifs is 1. The second kappa shape index (κ2) is 10.9. The Morgan fingerprint density at radius 3 is 2.80 bits per heavy atom. The summed E-state index contributed by atoms with van der Waals surface area (Å²) in [4.78, 5) is 27.8. The van der Waals surface area contributed by atoms with Crippen molar-refractivity contribution in [3.8, 4) is 22.6 Å². The van der Waals surface area contributed by atoms with Gasteiger partial charge in [-0.3, -0.25) is 14.7 Å². The van der Waals surface area contributed by atoms with Crippen LogP contribution in [0.2, 0.25) is 0 Å². The van der Waals surface area contributed by atoms with Crippen molar-refractivity contribution in [1.82, 2.24) is 15.1 Å². The predicted octanol–water partition coefficient (Wildman–Crippen LogP) is 4.15.